The van der Waals surface area contributed by atoms with Gasteiger partial charge in [-0.1, -0.05) is 0 Å². The molecule has 0 bridgehead atoms. The largest absolute Gasteiger partial charge is 0.497 e. The van der Waals surface area contributed by atoms with Crippen molar-refractivity contribution in [3.8, 4) is 5.75 Å². The number of anilines is 1. The molecular formula is C21H24N4O2. The second-order valence-electron chi connectivity index (χ2n) is 6.90. The predicted molar refractivity (Wildman–Crippen MR) is 107 cm³/mol. The third kappa shape index (κ3) is 3.95. The van der Waals surface area contributed by atoms with Crippen LogP contribution in [0.3, 0.4) is 0 Å². The molecule has 140 valence electrons. The fourth-order valence-electron chi connectivity index (χ4n) is 3.65. The summed E-state index contributed by atoms with van der Waals surface area (Å²) in [5.41, 5.74) is 2.81. The molecule has 1 aromatic carbocycles. The number of fused-ring (bicyclic) bond motifs is 1. The standard InChI is InChI=1S/C21H24N4O2/c1-27-19-4-3-16-13-17(21(26)23-20(16)14-19)15-24-9-2-10-25(12-11-24)18-5-7-22-8-6-18/h3-8,13-14H,2,9-12,15H2,1H3,(H,23,26). The van der Waals surface area contributed by atoms with Gasteiger partial charge in [-0.25, -0.2) is 0 Å². The van der Waals surface area contributed by atoms with Crippen molar-refractivity contribution < 1.29 is 4.74 Å². The van der Waals surface area contributed by atoms with Gasteiger partial charge in [-0.3, -0.25) is 14.7 Å². The molecule has 1 aliphatic rings. The lowest BCUT2D eigenvalue weighted by Crippen LogP contribution is -2.32. The first-order chi connectivity index (χ1) is 13.2. The van der Waals surface area contributed by atoms with Crippen molar-refractivity contribution in [2.45, 2.75) is 13.0 Å². The topological polar surface area (TPSA) is 61.5 Å². The molecule has 6 heteroatoms. The van der Waals surface area contributed by atoms with Crippen molar-refractivity contribution in [3.63, 3.8) is 0 Å². The number of methoxy groups -OCH3 is 1. The molecule has 2 aromatic heterocycles. The Labute approximate surface area is 158 Å². The zero-order chi connectivity index (χ0) is 18.6. The van der Waals surface area contributed by atoms with Crippen LogP contribution in [-0.2, 0) is 6.54 Å². The number of hydrogen-bond acceptors (Lipinski definition) is 5. The van der Waals surface area contributed by atoms with Gasteiger partial charge in [0, 0.05) is 62.4 Å². The molecule has 0 radical (unpaired) electrons. The van der Waals surface area contributed by atoms with Crippen molar-refractivity contribution in [1.82, 2.24) is 14.9 Å². The molecule has 0 spiro atoms. The van der Waals surface area contributed by atoms with Crippen LogP contribution in [0.4, 0.5) is 5.69 Å². The fourth-order valence-corrected chi connectivity index (χ4v) is 3.65. The van der Waals surface area contributed by atoms with Gasteiger partial charge in [0.25, 0.3) is 5.56 Å². The SMILES string of the molecule is COc1ccc2cc(CN3CCCN(c4ccncc4)CC3)c(=O)[nH]c2c1. The van der Waals surface area contributed by atoms with E-state index in [2.05, 4.69) is 31.9 Å². The quantitative estimate of drug-likeness (QED) is 0.771. The summed E-state index contributed by atoms with van der Waals surface area (Å²) < 4.78 is 5.24. The van der Waals surface area contributed by atoms with Crippen LogP contribution in [0.15, 0.2) is 53.6 Å². The zero-order valence-electron chi connectivity index (χ0n) is 15.5. The van der Waals surface area contributed by atoms with E-state index >= 15 is 0 Å². The minimum absolute atomic E-state index is 0.0222. The van der Waals surface area contributed by atoms with E-state index in [1.165, 1.54) is 5.69 Å². The molecule has 3 aromatic rings. The van der Waals surface area contributed by atoms with E-state index in [-0.39, 0.29) is 5.56 Å². The molecule has 0 saturated carbocycles. The lowest BCUT2D eigenvalue weighted by Gasteiger charge is -2.23. The van der Waals surface area contributed by atoms with Gasteiger partial charge in [0.15, 0.2) is 0 Å². The number of pyridine rings is 2. The van der Waals surface area contributed by atoms with Crippen LogP contribution in [0.5, 0.6) is 5.75 Å². The number of nitrogens with zero attached hydrogens (tertiary/aromatic N) is 3. The summed E-state index contributed by atoms with van der Waals surface area (Å²) in [7, 11) is 1.63. The Morgan fingerprint density at radius 1 is 1.07 bits per heavy atom. The van der Waals surface area contributed by atoms with Gasteiger partial charge in [0.2, 0.25) is 0 Å². The summed E-state index contributed by atoms with van der Waals surface area (Å²) in [5.74, 6) is 0.745. The molecule has 6 nitrogen and oxygen atoms in total. The maximum absolute atomic E-state index is 12.5. The molecule has 0 aliphatic carbocycles. The third-order valence-corrected chi connectivity index (χ3v) is 5.14. The van der Waals surface area contributed by atoms with E-state index in [4.69, 9.17) is 4.74 Å². The highest BCUT2D eigenvalue weighted by Gasteiger charge is 2.16. The number of hydrogen-bond donors (Lipinski definition) is 1. The number of ether oxygens (including phenoxy) is 1. The Hall–Kier alpha value is -2.86. The highest BCUT2D eigenvalue weighted by Crippen LogP contribution is 2.20. The third-order valence-electron chi connectivity index (χ3n) is 5.14. The summed E-state index contributed by atoms with van der Waals surface area (Å²) in [4.78, 5) is 24.4. The van der Waals surface area contributed by atoms with Gasteiger partial charge in [-0.15, -0.1) is 0 Å². The minimum Gasteiger partial charge on any atom is -0.497 e. The normalized spacial score (nSPS) is 15.7. The lowest BCUT2D eigenvalue weighted by atomic mass is 10.1. The highest BCUT2D eigenvalue weighted by atomic mass is 16.5. The number of rotatable bonds is 4. The monoisotopic (exact) mass is 364 g/mol. The molecule has 3 heterocycles. The maximum atomic E-state index is 12.5. The zero-order valence-corrected chi connectivity index (χ0v) is 15.5. The summed E-state index contributed by atoms with van der Waals surface area (Å²) in [6.07, 6.45) is 4.74. The molecule has 0 amide bonds. The number of benzene rings is 1. The molecule has 4 rings (SSSR count). The Bertz CT molecular complexity index is 971. The van der Waals surface area contributed by atoms with E-state index in [1.807, 2.05) is 36.7 Å². The van der Waals surface area contributed by atoms with Crippen LogP contribution in [0.25, 0.3) is 10.9 Å². The fraction of sp³-hybridized carbons (Fsp3) is 0.333. The van der Waals surface area contributed by atoms with Gasteiger partial charge in [0.05, 0.1) is 12.6 Å². The molecule has 0 unspecified atom stereocenters. The van der Waals surface area contributed by atoms with Gasteiger partial charge in [-0.2, -0.15) is 0 Å². The van der Waals surface area contributed by atoms with Crippen molar-refractivity contribution in [3.05, 3.63) is 64.7 Å². The van der Waals surface area contributed by atoms with E-state index in [0.717, 1.165) is 54.8 Å². The van der Waals surface area contributed by atoms with Crippen LogP contribution in [0.2, 0.25) is 0 Å². The van der Waals surface area contributed by atoms with Crippen LogP contribution in [0.1, 0.15) is 12.0 Å². The van der Waals surface area contributed by atoms with E-state index in [1.54, 1.807) is 7.11 Å². The smallest absolute Gasteiger partial charge is 0.252 e. The van der Waals surface area contributed by atoms with Crippen molar-refractivity contribution in [2.75, 3.05) is 38.2 Å². The van der Waals surface area contributed by atoms with Crippen molar-refractivity contribution in [2.24, 2.45) is 0 Å². The van der Waals surface area contributed by atoms with Crippen LogP contribution < -0.4 is 15.2 Å². The second-order valence-corrected chi connectivity index (χ2v) is 6.90. The van der Waals surface area contributed by atoms with Gasteiger partial charge in [-0.05, 0) is 42.1 Å². The molecule has 1 aliphatic heterocycles. The minimum atomic E-state index is -0.0222. The lowest BCUT2D eigenvalue weighted by molar-refractivity contribution is 0.284. The average Bonchev–Trinajstić information content (AvgIpc) is 2.94. The molecule has 27 heavy (non-hydrogen) atoms. The first-order valence-corrected chi connectivity index (χ1v) is 9.30. The summed E-state index contributed by atoms with van der Waals surface area (Å²) in [6, 6.07) is 11.9. The van der Waals surface area contributed by atoms with Crippen molar-refractivity contribution in [1.29, 1.82) is 0 Å². The summed E-state index contributed by atoms with van der Waals surface area (Å²) >= 11 is 0. The molecule has 1 fully saturated rings. The van der Waals surface area contributed by atoms with Gasteiger partial charge < -0.3 is 14.6 Å². The number of aromatic nitrogens is 2. The van der Waals surface area contributed by atoms with E-state index in [0.29, 0.717) is 6.54 Å². The van der Waals surface area contributed by atoms with E-state index < -0.39 is 0 Å². The second kappa shape index (κ2) is 7.80. The molecule has 1 N–H and O–H groups in total. The van der Waals surface area contributed by atoms with Gasteiger partial charge >= 0.3 is 0 Å². The molecule has 1 saturated heterocycles. The Morgan fingerprint density at radius 2 is 1.93 bits per heavy atom. The Balaban J connectivity index is 1.49. The number of aromatic amines is 1. The maximum Gasteiger partial charge on any atom is 0.252 e. The summed E-state index contributed by atoms with van der Waals surface area (Å²) in [6.45, 7) is 4.56. The van der Waals surface area contributed by atoms with Crippen LogP contribution >= 0.6 is 0 Å². The first-order valence-electron chi connectivity index (χ1n) is 9.30. The van der Waals surface area contributed by atoms with Crippen LogP contribution in [0, 0.1) is 0 Å². The average molecular weight is 364 g/mol. The van der Waals surface area contributed by atoms with Crippen LogP contribution in [-0.4, -0.2) is 48.2 Å². The first kappa shape index (κ1) is 17.5. The van der Waals surface area contributed by atoms with Gasteiger partial charge in [0.1, 0.15) is 5.75 Å². The predicted octanol–water partition coefficient (Wildman–Crippen LogP) is 2.64. The Morgan fingerprint density at radius 3 is 2.74 bits per heavy atom. The molecular weight excluding hydrogens is 340 g/mol. The van der Waals surface area contributed by atoms with E-state index in [9.17, 15) is 4.79 Å². The highest BCUT2D eigenvalue weighted by molar-refractivity contribution is 5.80. The summed E-state index contributed by atoms with van der Waals surface area (Å²) in [5, 5.41) is 1.03. The molecule has 0 atom stereocenters. The number of H-pyrrole nitrogens is 1. The number of nitrogens with one attached hydrogen (secondary N) is 1. The van der Waals surface area contributed by atoms with Crippen molar-refractivity contribution >= 4 is 16.6 Å². The Kier molecular flexibility index (Phi) is 5.07.